The number of hydrogen-bond acceptors (Lipinski definition) is 8. The molecule has 11 nitrogen and oxygen atoms in total. The number of halogens is 2. The molecule has 3 rings (SSSR count). The van der Waals surface area contributed by atoms with E-state index in [-0.39, 0.29) is 48.0 Å². The molecule has 1 aliphatic heterocycles. The zero-order chi connectivity index (χ0) is 27.9. The van der Waals surface area contributed by atoms with Crippen LogP contribution in [0.1, 0.15) is 30.9 Å². The van der Waals surface area contributed by atoms with Gasteiger partial charge in [-0.25, -0.2) is 0 Å². The predicted molar refractivity (Wildman–Crippen MR) is 145 cm³/mol. The number of nitrogens with zero attached hydrogens (tertiary/aromatic N) is 1. The topological polar surface area (TPSA) is 174 Å². The number of nitrogens with two attached hydrogens (primary N) is 1. The minimum Gasteiger partial charge on any atom is -0.488 e. The van der Waals surface area contributed by atoms with Crippen molar-refractivity contribution in [1.82, 2.24) is 10.6 Å². The molecule has 2 aromatic carbocycles. The summed E-state index contributed by atoms with van der Waals surface area (Å²) in [7, 11) is 0. The van der Waals surface area contributed by atoms with Crippen LogP contribution in [0.4, 0.5) is 0 Å². The van der Waals surface area contributed by atoms with Crippen molar-refractivity contribution < 1.29 is 63.7 Å². The average molecular weight is 672 g/mol. The Bertz CT molecular complexity index is 896. The van der Waals surface area contributed by atoms with Gasteiger partial charge in [0.15, 0.2) is 6.61 Å². The average Bonchev–Trinajstić information content (AvgIpc) is 3.48. The van der Waals surface area contributed by atoms with Crippen LogP contribution in [0.2, 0.25) is 0 Å². The molecule has 1 aliphatic rings. The molecular weight excluding hydrogens is 639 g/mol. The molecular formula is C24H33Br2N4NaO7. The summed E-state index contributed by atoms with van der Waals surface area (Å²) in [5, 5.41) is 20.6. The number of aliphatic hydroxyl groups is 1. The summed E-state index contributed by atoms with van der Waals surface area (Å²) < 4.78 is 11.5. The quantitative estimate of drug-likeness (QED) is 0.119. The van der Waals surface area contributed by atoms with Gasteiger partial charge in [0, 0.05) is 42.2 Å². The summed E-state index contributed by atoms with van der Waals surface area (Å²) in [4.78, 5) is 32.3. The van der Waals surface area contributed by atoms with Crippen molar-refractivity contribution in [3.8, 4) is 0 Å². The van der Waals surface area contributed by atoms with E-state index in [1.807, 2.05) is 54.1 Å². The number of ether oxygens (including phenoxy) is 2. The van der Waals surface area contributed by atoms with Gasteiger partial charge in [-0.3, -0.25) is 14.4 Å². The first-order valence-corrected chi connectivity index (χ1v) is 12.7. The second kappa shape index (κ2) is 25.9. The second-order valence-corrected chi connectivity index (χ2v) is 9.01. The van der Waals surface area contributed by atoms with Gasteiger partial charge in [0.05, 0.1) is 0 Å². The fourth-order valence-electron chi connectivity index (χ4n) is 2.39. The zero-order valence-corrected chi connectivity index (χ0v) is 26.7. The van der Waals surface area contributed by atoms with Crippen LogP contribution in [0.25, 0.3) is 5.59 Å². The number of benzene rings is 2. The van der Waals surface area contributed by atoms with Gasteiger partial charge in [-0.2, -0.15) is 0 Å². The van der Waals surface area contributed by atoms with Gasteiger partial charge in [-0.1, -0.05) is 56.1 Å². The Kier molecular flexibility index (Phi) is 26.4. The summed E-state index contributed by atoms with van der Waals surface area (Å²) >= 11 is 6.63. The Morgan fingerprint density at radius 1 is 0.921 bits per heavy atom. The van der Waals surface area contributed by atoms with Crippen molar-refractivity contribution in [2.75, 3.05) is 26.4 Å². The molecule has 0 bridgehead atoms. The van der Waals surface area contributed by atoms with Crippen LogP contribution in [0.15, 0.2) is 57.5 Å². The molecule has 0 aliphatic carbocycles. The Morgan fingerprint density at radius 2 is 1.32 bits per heavy atom. The first-order chi connectivity index (χ1) is 17.7. The van der Waals surface area contributed by atoms with E-state index < -0.39 is 12.6 Å². The molecule has 0 spiro atoms. The minimum atomic E-state index is -0.462. The molecule has 1 heterocycles. The number of nitrogens with one attached hydrogen (secondary N) is 2. The van der Waals surface area contributed by atoms with Crippen molar-refractivity contribution in [1.29, 1.82) is 0 Å². The van der Waals surface area contributed by atoms with E-state index in [2.05, 4.69) is 53.1 Å². The molecule has 14 heteroatoms. The number of aliphatic hydroxyl groups excluding tert-OH is 1. The smallest absolute Gasteiger partial charge is 0.488 e. The van der Waals surface area contributed by atoms with Gasteiger partial charge in [0.1, 0.15) is 6.61 Å². The maximum Gasteiger partial charge on any atom is 1.00 e. The van der Waals surface area contributed by atoms with Crippen LogP contribution < -0.4 is 46.0 Å². The standard InChI is InChI=1S/C11H12BrNO3.C9H10BrNO2.C4H8O.H3N2O.Na/c1-8(14)16-7-11(15)13-6-9-2-4-10(12)5-3-9;10-8-3-1-7(2-4-8)5-11-9(13)6-12;1-2-4-5-3-1;1-2-3;/h2-5H,6-7H2,1H3,(H,13,15);1-4,12H,5-6H2,(H,11,13);1-4H2;3H,1H2;/q;;;-1;+1. The number of rotatable bonds is 7. The van der Waals surface area contributed by atoms with Crippen LogP contribution in [-0.4, -0.2) is 54.5 Å². The zero-order valence-electron chi connectivity index (χ0n) is 21.5. The van der Waals surface area contributed by atoms with Crippen molar-refractivity contribution >= 4 is 49.6 Å². The molecule has 0 atom stereocenters. The number of amides is 2. The third-order valence-electron chi connectivity index (χ3n) is 4.18. The van der Waals surface area contributed by atoms with E-state index in [0.29, 0.717) is 13.1 Å². The van der Waals surface area contributed by atoms with E-state index in [9.17, 15) is 14.4 Å². The monoisotopic (exact) mass is 670 g/mol. The summed E-state index contributed by atoms with van der Waals surface area (Å²) in [5.74, 6) is 2.90. The van der Waals surface area contributed by atoms with Gasteiger partial charge in [0.25, 0.3) is 5.91 Å². The van der Waals surface area contributed by atoms with Gasteiger partial charge in [0.2, 0.25) is 5.91 Å². The van der Waals surface area contributed by atoms with Crippen molar-refractivity contribution in [2.24, 2.45) is 5.84 Å². The van der Waals surface area contributed by atoms with Crippen LogP contribution in [0, 0.1) is 0 Å². The largest absolute Gasteiger partial charge is 1.00 e. The molecule has 38 heavy (non-hydrogen) atoms. The fraction of sp³-hybridized carbons (Fsp3) is 0.375. The van der Waals surface area contributed by atoms with Gasteiger partial charge in [-0.05, 0) is 48.2 Å². The maximum atomic E-state index is 11.2. The Morgan fingerprint density at radius 3 is 1.63 bits per heavy atom. The number of carbonyl (C=O) groups excluding carboxylic acids is 3. The molecule has 0 radical (unpaired) electrons. The molecule has 6 N–H and O–H groups in total. The van der Waals surface area contributed by atoms with E-state index in [1.54, 1.807) is 0 Å². The molecule has 2 amide bonds. The van der Waals surface area contributed by atoms with Crippen LogP contribution in [0.5, 0.6) is 0 Å². The third kappa shape index (κ3) is 23.7. The molecule has 1 saturated heterocycles. The van der Waals surface area contributed by atoms with Crippen LogP contribution in [-0.2, 0) is 36.9 Å². The fourth-order valence-corrected chi connectivity index (χ4v) is 2.92. The molecule has 1 fully saturated rings. The summed E-state index contributed by atoms with van der Waals surface area (Å²) in [5.41, 5.74) is 3.99. The van der Waals surface area contributed by atoms with Gasteiger partial charge < -0.3 is 41.9 Å². The van der Waals surface area contributed by atoms with E-state index in [0.717, 1.165) is 33.3 Å². The second-order valence-electron chi connectivity index (χ2n) is 7.18. The molecule has 0 unspecified atom stereocenters. The van der Waals surface area contributed by atoms with Gasteiger partial charge in [-0.15, -0.1) is 0 Å². The molecule has 206 valence electrons. The molecule has 2 aromatic rings. The number of carbonyl (C=O) groups is 3. The summed E-state index contributed by atoms with van der Waals surface area (Å²) in [6.07, 6.45) is 2.56. The maximum absolute atomic E-state index is 11.2. The Labute approximate surface area is 261 Å². The van der Waals surface area contributed by atoms with Crippen molar-refractivity contribution in [3.05, 3.63) is 74.2 Å². The first kappa shape index (κ1) is 38.8. The Hall–Kier alpha value is -1.39. The van der Waals surface area contributed by atoms with Crippen LogP contribution >= 0.6 is 31.9 Å². The molecule has 0 aromatic heterocycles. The summed E-state index contributed by atoms with van der Waals surface area (Å²) in [6.45, 7) is 3.45. The normalized spacial score (nSPS) is 11.0. The van der Waals surface area contributed by atoms with E-state index in [4.69, 9.17) is 15.1 Å². The Balaban J connectivity index is 0. The number of hydrogen-bond donors (Lipinski definition) is 5. The summed E-state index contributed by atoms with van der Waals surface area (Å²) in [6, 6.07) is 15.2. The van der Waals surface area contributed by atoms with E-state index >= 15 is 0 Å². The SMILES string of the molecule is C1CCOC1.CC(=O)OCC(=O)NCc1ccc(Br)cc1.N[N-]O.O=C(CO)NCc1ccc(Br)cc1.[Na+]. The van der Waals surface area contributed by atoms with Crippen molar-refractivity contribution in [3.63, 3.8) is 0 Å². The first-order valence-electron chi connectivity index (χ1n) is 11.1. The van der Waals surface area contributed by atoms with E-state index in [1.165, 1.54) is 19.8 Å². The predicted octanol–water partition coefficient (Wildman–Crippen LogP) is 0.110. The minimum absolute atomic E-state index is 0. The third-order valence-corrected chi connectivity index (χ3v) is 5.24. The van der Waals surface area contributed by atoms with Gasteiger partial charge >= 0.3 is 35.5 Å². The number of esters is 1. The molecule has 0 saturated carbocycles. The van der Waals surface area contributed by atoms with Crippen molar-refractivity contribution in [2.45, 2.75) is 32.9 Å². The van der Waals surface area contributed by atoms with Crippen LogP contribution in [0.3, 0.4) is 0 Å².